The molecule has 0 saturated heterocycles. The summed E-state index contributed by atoms with van der Waals surface area (Å²) in [5.41, 5.74) is 0.980. The van der Waals surface area contributed by atoms with Crippen LogP contribution < -0.4 is 5.32 Å². The summed E-state index contributed by atoms with van der Waals surface area (Å²) in [5, 5.41) is 7.51. The van der Waals surface area contributed by atoms with Crippen LogP contribution in [0.3, 0.4) is 0 Å². The molecule has 90 valence electrons. The van der Waals surface area contributed by atoms with Crippen LogP contribution in [0.25, 0.3) is 5.65 Å². The van der Waals surface area contributed by atoms with Crippen LogP contribution in [0.5, 0.6) is 0 Å². The summed E-state index contributed by atoms with van der Waals surface area (Å²) in [7, 11) is 0. The highest BCUT2D eigenvalue weighted by molar-refractivity contribution is 6.30. The number of rotatable bonds is 2. The lowest BCUT2D eigenvalue weighted by molar-refractivity contribution is 0.631. The van der Waals surface area contributed by atoms with E-state index >= 15 is 0 Å². The molecule has 1 aromatic carbocycles. The number of benzene rings is 1. The van der Waals surface area contributed by atoms with Crippen molar-refractivity contribution in [1.82, 2.24) is 14.6 Å². The Balaban J connectivity index is 2.06. The summed E-state index contributed by atoms with van der Waals surface area (Å²) in [6, 6.07) is 7.80. The van der Waals surface area contributed by atoms with Gasteiger partial charge in [-0.15, -0.1) is 0 Å². The van der Waals surface area contributed by atoms with Crippen LogP contribution in [-0.4, -0.2) is 14.6 Å². The minimum absolute atomic E-state index is 0.297. The Kier molecular flexibility index (Phi) is 2.60. The molecule has 4 nitrogen and oxygen atoms in total. The fourth-order valence-corrected chi connectivity index (χ4v) is 1.83. The number of nitrogens with zero attached hydrogens (tertiary/aromatic N) is 3. The number of nitrogens with one attached hydrogen (secondary N) is 1. The van der Waals surface area contributed by atoms with Crippen molar-refractivity contribution < 1.29 is 4.39 Å². The van der Waals surface area contributed by atoms with Crippen LogP contribution in [0.15, 0.2) is 42.7 Å². The molecule has 3 aromatic rings. The van der Waals surface area contributed by atoms with Gasteiger partial charge in [0.05, 0.1) is 11.9 Å². The van der Waals surface area contributed by atoms with Gasteiger partial charge in [-0.2, -0.15) is 9.61 Å². The average molecular weight is 263 g/mol. The first kappa shape index (κ1) is 11.0. The van der Waals surface area contributed by atoms with Gasteiger partial charge in [0, 0.05) is 17.3 Å². The maximum atomic E-state index is 13.6. The molecule has 3 rings (SSSR count). The van der Waals surface area contributed by atoms with Crippen LogP contribution in [0.1, 0.15) is 0 Å². The van der Waals surface area contributed by atoms with Gasteiger partial charge < -0.3 is 5.32 Å². The standard InChI is InChI=1S/C12H8ClFN4/c13-8-1-2-9(14)10(7-8)17-12-3-5-15-11-4-6-16-18(11)12/h1-7,17H. The highest BCUT2D eigenvalue weighted by Crippen LogP contribution is 2.23. The highest BCUT2D eigenvalue weighted by Gasteiger charge is 2.06. The van der Waals surface area contributed by atoms with E-state index in [1.165, 1.54) is 18.2 Å². The number of halogens is 2. The molecule has 0 radical (unpaired) electrons. The molecule has 0 atom stereocenters. The van der Waals surface area contributed by atoms with Gasteiger partial charge in [0.25, 0.3) is 0 Å². The Bertz CT molecular complexity index is 710. The Morgan fingerprint density at radius 3 is 2.94 bits per heavy atom. The van der Waals surface area contributed by atoms with Crippen molar-refractivity contribution in [1.29, 1.82) is 0 Å². The predicted octanol–water partition coefficient (Wildman–Crippen LogP) is 3.27. The fourth-order valence-electron chi connectivity index (χ4n) is 1.66. The first-order chi connectivity index (χ1) is 8.74. The molecule has 0 aliphatic heterocycles. The largest absolute Gasteiger partial charge is 0.338 e. The number of hydrogen-bond acceptors (Lipinski definition) is 3. The fraction of sp³-hybridized carbons (Fsp3) is 0. The second kappa shape index (κ2) is 4.27. The van der Waals surface area contributed by atoms with Crippen molar-refractivity contribution in [2.45, 2.75) is 0 Å². The van der Waals surface area contributed by atoms with Gasteiger partial charge in [0.15, 0.2) is 5.65 Å². The van der Waals surface area contributed by atoms with Crippen molar-refractivity contribution in [3.05, 3.63) is 53.6 Å². The third-order valence-corrected chi connectivity index (χ3v) is 2.72. The number of fused-ring (bicyclic) bond motifs is 1. The first-order valence-corrected chi connectivity index (χ1v) is 5.63. The molecular weight excluding hydrogens is 255 g/mol. The van der Waals surface area contributed by atoms with Gasteiger partial charge in [0.1, 0.15) is 11.6 Å². The maximum Gasteiger partial charge on any atom is 0.157 e. The van der Waals surface area contributed by atoms with Crippen molar-refractivity contribution in [2.24, 2.45) is 0 Å². The first-order valence-electron chi connectivity index (χ1n) is 5.25. The molecule has 0 aliphatic rings. The lowest BCUT2D eigenvalue weighted by atomic mass is 10.3. The van der Waals surface area contributed by atoms with Crippen LogP contribution in [0.2, 0.25) is 5.02 Å². The van der Waals surface area contributed by atoms with Crippen molar-refractivity contribution >= 4 is 28.8 Å². The third kappa shape index (κ3) is 1.89. The minimum Gasteiger partial charge on any atom is -0.338 e. The lowest BCUT2D eigenvalue weighted by Gasteiger charge is -2.09. The molecule has 0 unspecified atom stereocenters. The highest BCUT2D eigenvalue weighted by atomic mass is 35.5. The summed E-state index contributed by atoms with van der Waals surface area (Å²) >= 11 is 5.84. The zero-order chi connectivity index (χ0) is 12.5. The molecule has 0 spiro atoms. The van der Waals surface area contributed by atoms with Crippen LogP contribution >= 0.6 is 11.6 Å². The smallest absolute Gasteiger partial charge is 0.157 e. The lowest BCUT2D eigenvalue weighted by Crippen LogP contribution is -2.01. The van der Waals surface area contributed by atoms with Crippen LogP contribution in [0.4, 0.5) is 15.9 Å². The molecule has 0 aliphatic carbocycles. The third-order valence-electron chi connectivity index (χ3n) is 2.48. The van der Waals surface area contributed by atoms with Gasteiger partial charge in [-0.25, -0.2) is 9.37 Å². The van der Waals surface area contributed by atoms with E-state index in [1.807, 2.05) is 0 Å². The normalized spacial score (nSPS) is 10.8. The minimum atomic E-state index is -0.378. The molecule has 2 aromatic heterocycles. The SMILES string of the molecule is Fc1ccc(Cl)cc1Nc1ccnc2ccnn12. The molecule has 0 saturated carbocycles. The molecule has 0 amide bonds. The number of aromatic nitrogens is 3. The Morgan fingerprint density at radius 2 is 2.06 bits per heavy atom. The summed E-state index contributed by atoms with van der Waals surface area (Å²) in [4.78, 5) is 4.12. The molecule has 0 bridgehead atoms. The van der Waals surface area contributed by atoms with Crippen molar-refractivity contribution in [3.8, 4) is 0 Å². The molecule has 6 heteroatoms. The van der Waals surface area contributed by atoms with Gasteiger partial charge in [0.2, 0.25) is 0 Å². The number of anilines is 2. The summed E-state index contributed by atoms with van der Waals surface area (Å²) < 4.78 is 15.2. The summed E-state index contributed by atoms with van der Waals surface area (Å²) in [5.74, 6) is 0.239. The van der Waals surface area contributed by atoms with E-state index in [9.17, 15) is 4.39 Å². The summed E-state index contributed by atoms with van der Waals surface area (Å²) in [6.07, 6.45) is 3.25. The van der Waals surface area contributed by atoms with Crippen molar-refractivity contribution in [2.75, 3.05) is 5.32 Å². The van der Waals surface area contributed by atoms with Crippen LogP contribution in [0, 0.1) is 5.82 Å². The van der Waals surface area contributed by atoms with Gasteiger partial charge in [-0.05, 0) is 24.3 Å². The monoisotopic (exact) mass is 262 g/mol. The zero-order valence-electron chi connectivity index (χ0n) is 9.14. The van der Waals surface area contributed by atoms with Crippen LogP contribution in [-0.2, 0) is 0 Å². The van der Waals surface area contributed by atoms with E-state index in [-0.39, 0.29) is 5.82 Å². The summed E-state index contributed by atoms with van der Waals surface area (Å²) in [6.45, 7) is 0. The van der Waals surface area contributed by atoms with E-state index in [0.29, 0.717) is 22.2 Å². The van der Waals surface area contributed by atoms with E-state index in [4.69, 9.17) is 11.6 Å². The zero-order valence-corrected chi connectivity index (χ0v) is 9.89. The Labute approximate surface area is 107 Å². The van der Waals surface area contributed by atoms with Gasteiger partial charge in [-0.1, -0.05) is 11.6 Å². The maximum absolute atomic E-state index is 13.6. The molecule has 0 fully saturated rings. The second-order valence-corrected chi connectivity index (χ2v) is 4.12. The quantitative estimate of drug-likeness (QED) is 0.771. The van der Waals surface area contributed by atoms with E-state index < -0.39 is 0 Å². The predicted molar refractivity (Wildman–Crippen MR) is 67.7 cm³/mol. The number of hydrogen-bond donors (Lipinski definition) is 1. The van der Waals surface area contributed by atoms with Gasteiger partial charge >= 0.3 is 0 Å². The molecular formula is C12H8ClFN4. The topological polar surface area (TPSA) is 42.2 Å². The van der Waals surface area contributed by atoms with Crippen molar-refractivity contribution in [3.63, 3.8) is 0 Å². The van der Waals surface area contributed by atoms with Gasteiger partial charge in [-0.3, -0.25) is 0 Å². The van der Waals surface area contributed by atoms with E-state index in [0.717, 1.165) is 0 Å². The van der Waals surface area contributed by atoms with E-state index in [1.54, 1.807) is 29.0 Å². The Hall–Kier alpha value is -2.14. The van der Waals surface area contributed by atoms with E-state index in [2.05, 4.69) is 15.4 Å². The second-order valence-electron chi connectivity index (χ2n) is 3.68. The molecule has 18 heavy (non-hydrogen) atoms. The Morgan fingerprint density at radius 1 is 1.17 bits per heavy atom. The average Bonchev–Trinajstić information content (AvgIpc) is 2.83. The molecule has 2 heterocycles. The molecule has 1 N–H and O–H groups in total.